The molecule has 0 aliphatic rings. The molecule has 0 saturated carbocycles. The van der Waals surface area contributed by atoms with Crippen molar-refractivity contribution in [3.05, 3.63) is 6.33 Å². The molecule has 0 atom stereocenters. The average molecular weight is 254 g/mol. The van der Waals surface area contributed by atoms with Crippen LogP contribution in [-0.2, 0) is 0 Å². The molecule has 6 nitrogen and oxygen atoms in total. The van der Waals surface area contributed by atoms with Gasteiger partial charge < -0.3 is 20.5 Å². The average Bonchev–Trinajstić information content (AvgIpc) is 2.39. The van der Waals surface area contributed by atoms with Gasteiger partial charge in [0, 0.05) is 19.7 Å². The highest BCUT2D eigenvalue weighted by Crippen LogP contribution is 2.28. The summed E-state index contributed by atoms with van der Waals surface area (Å²) in [5.41, 5.74) is 0. The van der Waals surface area contributed by atoms with E-state index in [1.807, 2.05) is 6.92 Å². The molecule has 1 rings (SSSR count). The molecule has 18 heavy (non-hydrogen) atoms. The zero-order valence-electron chi connectivity index (χ0n) is 11.1. The van der Waals surface area contributed by atoms with E-state index in [1.165, 1.54) is 6.33 Å². The SMILES string of the molecule is CCNc1ncnc(NCCCCCO)c1OC. The van der Waals surface area contributed by atoms with Gasteiger partial charge in [-0.2, -0.15) is 0 Å². The van der Waals surface area contributed by atoms with Crippen molar-refractivity contribution in [2.45, 2.75) is 26.2 Å². The van der Waals surface area contributed by atoms with Gasteiger partial charge in [0.05, 0.1) is 7.11 Å². The zero-order chi connectivity index (χ0) is 13.2. The monoisotopic (exact) mass is 254 g/mol. The number of aliphatic hydroxyl groups is 1. The minimum absolute atomic E-state index is 0.251. The summed E-state index contributed by atoms with van der Waals surface area (Å²) in [6.45, 7) is 3.84. The molecule has 0 saturated heterocycles. The second-order valence-corrected chi connectivity index (χ2v) is 3.85. The number of hydrogen-bond acceptors (Lipinski definition) is 6. The highest BCUT2D eigenvalue weighted by molar-refractivity contribution is 5.63. The number of hydrogen-bond donors (Lipinski definition) is 3. The third kappa shape index (κ3) is 4.37. The number of methoxy groups -OCH3 is 1. The van der Waals surface area contributed by atoms with Crippen molar-refractivity contribution >= 4 is 11.6 Å². The fraction of sp³-hybridized carbons (Fsp3) is 0.667. The van der Waals surface area contributed by atoms with Gasteiger partial charge in [-0.15, -0.1) is 0 Å². The maximum atomic E-state index is 8.69. The van der Waals surface area contributed by atoms with E-state index in [4.69, 9.17) is 9.84 Å². The molecule has 0 bridgehead atoms. The third-order valence-electron chi connectivity index (χ3n) is 2.48. The molecule has 1 heterocycles. The summed E-state index contributed by atoms with van der Waals surface area (Å²) in [6, 6.07) is 0. The number of aromatic nitrogens is 2. The van der Waals surface area contributed by atoms with E-state index in [1.54, 1.807) is 7.11 Å². The molecule has 1 aromatic heterocycles. The lowest BCUT2D eigenvalue weighted by molar-refractivity contribution is 0.283. The van der Waals surface area contributed by atoms with Crippen LogP contribution in [0.4, 0.5) is 11.6 Å². The summed E-state index contributed by atoms with van der Waals surface area (Å²) >= 11 is 0. The van der Waals surface area contributed by atoms with Crippen molar-refractivity contribution in [1.82, 2.24) is 9.97 Å². The first-order valence-electron chi connectivity index (χ1n) is 6.31. The number of nitrogens with one attached hydrogen (secondary N) is 2. The molecule has 0 aromatic carbocycles. The molecule has 0 unspecified atom stereocenters. The second-order valence-electron chi connectivity index (χ2n) is 3.85. The van der Waals surface area contributed by atoms with Crippen LogP contribution in [0.1, 0.15) is 26.2 Å². The lowest BCUT2D eigenvalue weighted by atomic mass is 10.2. The maximum Gasteiger partial charge on any atom is 0.204 e. The Bertz CT molecular complexity index is 347. The fourth-order valence-corrected chi connectivity index (χ4v) is 1.61. The summed E-state index contributed by atoms with van der Waals surface area (Å²) in [5.74, 6) is 2.04. The van der Waals surface area contributed by atoms with Crippen LogP contribution < -0.4 is 15.4 Å². The third-order valence-corrected chi connectivity index (χ3v) is 2.48. The van der Waals surface area contributed by atoms with Crippen LogP contribution >= 0.6 is 0 Å². The highest BCUT2D eigenvalue weighted by atomic mass is 16.5. The van der Waals surface area contributed by atoms with E-state index >= 15 is 0 Å². The van der Waals surface area contributed by atoms with Gasteiger partial charge >= 0.3 is 0 Å². The number of ether oxygens (including phenoxy) is 1. The van der Waals surface area contributed by atoms with E-state index in [-0.39, 0.29) is 6.61 Å². The van der Waals surface area contributed by atoms with E-state index in [0.717, 1.165) is 32.4 Å². The number of aliphatic hydroxyl groups excluding tert-OH is 1. The van der Waals surface area contributed by atoms with Gasteiger partial charge in [0.25, 0.3) is 0 Å². The molecule has 0 aliphatic heterocycles. The smallest absolute Gasteiger partial charge is 0.204 e. The van der Waals surface area contributed by atoms with Crippen molar-refractivity contribution < 1.29 is 9.84 Å². The molecular weight excluding hydrogens is 232 g/mol. The van der Waals surface area contributed by atoms with Crippen LogP contribution in [0.2, 0.25) is 0 Å². The molecule has 102 valence electrons. The van der Waals surface area contributed by atoms with Crippen LogP contribution in [0.5, 0.6) is 5.75 Å². The van der Waals surface area contributed by atoms with E-state index in [0.29, 0.717) is 17.4 Å². The molecule has 0 amide bonds. The Labute approximate surface area is 108 Å². The predicted octanol–water partition coefficient (Wildman–Crippen LogP) is 1.49. The number of rotatable bonds is 9. The maximum absolute atomic E-state index is 8.69. The minimum atomic E-state index is 0.251. The van der Waals surface area contributed by atoms with Gasteiger partial charge in [-0.05, 0) is 26.2 Å². The fourth-order valence-electron chi connectivity index (χ4n) is 1.61. The predicted molar refractivity (Wildman–Crippen MR) is 72.2 cm³/mol. The van der Waals surface area contributed by atoms with Gasteiger partial charge in [-0.3, -0.25) is 0 Å². The Morgan fingerprint density at radius 1 is 1.17 bits per heavy atom. The first-order chi connectivity index (χ1) is 8.83. The molecule has 0 spiro atoms. The normalized spacial score (nSPS) is 10.2. The Morgan fingerprint density at radius 2 is 1.89 bits per heavy atom. The molecule has 0 fully saturated rings. The van der Waals surface area contributed by atoms with E-state index in [2.05, 4.69) is 20.6 Å². The number of nitrogens with zero attached hydrogens (tertiary/aromatic N) is 2. The van der Waals surface area contributed by atoms with Gasteiger partial charge in [0.2, 0.25) is 5.75 Å². The molecule has 3 N–H and O–H groups in total. The first-order valence-corrected chi connectivity index (χ1v) is 6.31. The lowest BCUT2D eigenvalue weighted by Gasteiger charge is -2.13. The van der Waals surface area contributed by atoms with Crippen molar-refractivity contribution in [1.29, 1.82) is 0 Å². The Hall–Kier alpha value is -1.56. The lowest BCUT2D eigenvalue weighted by Crippen LogP contribution is -2.09. The molecule has 0 aliphatic carbocycles. The minimum Gasteiger partial charge on any atom is -0.490 e. The molecule has 0 radical (unpaired) electrons. The summed E-state index contributed by atoms with van der Waals surface area (Å²) in [7, 11) is 1.61. The first kappa shape index (κ1) is 14.5. The quantitative estimate of drug-likeness (QED) is 0.579. The van der Waals surface area contributed by atoms with Crippen LogP contribution in [0, 0.1) is 0 Å². The van der Waals surface area contributed by atoms with Gasteiger partial charge in [-0.25, -0.2) is 9.97 Å². The van der Waals surface area contributed by atoms with E-state index in [9.17, 15) is 0 Å². The summed E-state index contributed by atoms with van der Waals surface area (Å²) in [4.78, 5) is 8.31. The largest absolute Gasteiger partial charge is 0.490 e. The Balaban J connectivity index is 2.55. The van der Waals surface area contributed by atoms with Crippen LogP contribution in [0.15, 0.2) is 6.33 Å². The van der Waals surface area contributed by atoms with Crippen molar-refractivity contribution in [3.63, 3.8) is 0 Å². The second kappa shape index (κ2) is 8.52. The zero-order valence-corrected chi connectivity index (χ0v) is 11.1. The van der Waals surface area contributed by atoms with Crippen molar-refractivity contribution in [2.75, 3.05) is 37.4 Å². The number of anilines is 2. The van der Waals surface area contributed by atoms with E-state index < -0.39 is 0 Å². The van der Waals surface area contributed by atoms with Crippen molar-refractivity contribution in [2.24, 2.45) is 0 Å². The number of unbranched alkanes of at least 4 members (excludes halogenated alkanes) is 2. The van der Waals surface area contributed by atoms with Crippen LogP contribution in [-0.4, -0.2) is 41.9 Å². The van der Waals surface area contributed by atoms with Gasteiger partial charge in [-0.1, -0.05) is 0 Å². The summed E-state index contributed by atoms with van der Waals surface area (Å²) in [5, 5.41) is 15.0. The molecular formula is C12H22N4O2. The van der Waals surface area contributed by atoms with Gasteiger partial charge in [0.15, 0.2) is 11.6 Å². The van der Waals surface area contributed by atoms with Crippen molar-refractivity contribution in [3.8, 4) is 5.75 Å². The Morgan fingerprint density at radius 3 is 2.50 bits per heavy atom. The Kier molecular flexibility index (Phi) is 6.86. The molecule has 1 aromatic rings. The van der Waals surface area contributed by atoms with Crippen LogP contribution in [0.25, 0.3) is 0 Å². The highest BCUT2D eigenvalue weighted by Gasteiger charge is 2.10. The van der Waals surface area contributed by atoms with Gasteiger partial charge in [0.1, 0.15) is 6.33 Å². The standard InChI is InChI=1S/C12H22N4O2/c1-3-13-11-10(18-2)12(16-9-15-11)14-7-5-4-6-8-17/h9,17H,3-8H2,1-2H3,(H2,13,14,15,16). The summed E-state index contributed by atoms with van der Waals surface area (Å²) < 4.78 is 5.32. The topological polar surface area (TPSA) is 79.3 Å². The molecule has 6 heteroatoms. The summed E-state index contributed by atoms with van der Waals surface area (Å²) in [6.07, 6.45) is 4.34. The van der Waals surface area contributed by atoms with Crippen LogP contribution in [0.3, 0.4) is 0 Å².